The van der Waals surface area contributed by atoms with Crippen molar-refractivity contribution in [2.24, 2.45) is 10.9 Å². The topological polar surface area (TPSA) is 51.4 Å². The molecule has 0 aliphatic heterocycles. The molecule has 0 amide bonds. The molecule has 2 aromatic rings. The van der Waals surface area contributed by atoms with Crippen molar-refractivity contribution in [3.05, 3.63) is 52.5 Å². The van der Waals surface area contributed by atoms with Gasteiger partial charge in [0.2, 0.25) is 0 Å². The smallest absolute Gasteiger partial charge is 0.109 e. The molecule has 0 aromatic heterocycles. The molecule has 2 aromatic carbocycles. The van der Waals surface area contributed by atoms with Gasteiger partial charge in [-0.1, -0.05) is 45.4 Å². The number of amidine groups is 1. The number of hydrogen-bond acceptors (Lipinski definition) is 3. The van der Waals surface area contributed by atoms with Gasteiger partial charge in [-0.25, -0.2) is 4.99 Å². The molecular weight excluding hydrogens is 392 g/mol. The Labute approximate surface area is 186 Å². The lowest BCUT2D eigenvalue weighted by Crippen LogP contribution is -2.25. The monoisotopic (exact) mass is 424 g/mol. The normalized spacial score (nSPS) is 12.4. The minimum Gasteiger partial charge on any atom is -0.371 e. The number of halogens is 1. The zero-order valence-corrected chi connectivity index (χ0v) is 19.6. The molecule has 0 aliphatic carbocycles. The minimum absolute atomic E-state index is 0.220. The molecule has 0 radical (unpaired) electrons. The first-order valence-corrected chi connectivity index (χ1v) is 11.2. The van der Waals surface area contributed by atoms with E-state index < -0.39 is 0 Å². The third-order valence-electron chi connectivity index (χ3n) is 5.29. The maximum atomic E-state index is 9.49. The number of aliphatic imine (C=N–C) groups is 1. The predicted molar refractivity (Wildman–Crippen MR) is 130 cm³/mol. The highest BCUT2D eigenvalue weighted by molar-refractivity contribution is 6.30. The van der Waals surface area contributed by atoms with Crippen molar-refractivity contribution in [3.8, 4) is 6.07 Å². The van der Waals surface area contributed by atoms with Crippen LogP contribution in [0.3, 0.4) is 0 Å². The number of nitrogens with one attached hydrogen (secondary N) is 1. The van der Waals surface area contributed by atoms with Crippen molar-refractivity contribution in [2.45, 2.75) is 53.9 Å². The number of hydrogen-bond donors (Lipinski definition) is 1. The van der Waals surface area contributed by atoms with Crippen molar-refractivity contribution in [2.75, 3.05) is 23.3 Å². The quantitative estimate of drug-likeness (QED) is 0.338. The van der Waals surface area contributed by atoms with Crippen LogP contribution in [0.15, 0.2) is 41.4 Å². The highest BCUT2D eigenvalue weighted by Crippen LogP contribution is 2.30. The van der Waals surface area contributed by atoms with Crippen LogP contribution in [-0.2, 0) is 0 Å². The second-order valence-electron chi connectivity index (χ2n) is 7.64. The molecule has 0 bridgehead atoms. The van der Waals surface area contributed by atoms with Gasteiger partial charge in [0.15, 0.2) is 0 Å². The summed E-state index contributed by atoms with van der Waals surface area (Å²) in [4.78, 5) is 7.46. The highest BCUT2D eigenvalue weighted by Gasteiger charge is 2.15. The van der Waals surface area contributed by atoms with Gasteiger partial charge in [-0.05, 0) is 62.1 Å². The van der Waals surface area contributed by atoms with E-state index in [-0.39, 0.29) is 5.92 Å². The Morgan fingerprint density at radius 1 is 1.17 bits per heavy atom. The third-order valence-corrected chi connectivity index (χ3v) is 5.52. The van der Waals surface area contributed by atoms with E-state index in [1.807, 2.05) is 6.07 Å². The fraction of sp³-hybridized carbons (Fsp3) is 0.440. The molecule has 0 saturated carbocycles. The summed E-state index contributed by atoms with van der Waals surface area (Å²) in [6, 6.07) is 13.9. The van der Waals surface area contributed by atoms with E-state index in [4.69, 9.17) is 16.6 Å². The van der Waals surface area contributed by atoms with Crippen LogP contribution in [0.25, 0.3) is 0 Å². The summed E-state index contributed by atoms with van der Waals surface area (Å²) in [7, 11) is 0. The minimum atomic E-state index is 0.220. The van der Waals surface area contributed by atoms with Gasteiger partial charge in [-0.15, -0.1) is 0 Å². The lowest BCUT2D eigenvalue weighted by atomic mass is 10.1. The summed E-state index contributed by atoms with van der Waals surface area (Å²) in [5.74, 6) is 1.08. The van der Waals surface area contributed by atoms with Gasteiger partial charge >= 0.3 is 0 Å². The van der Waals surface area contributed by atoms with Gasteiger partial charge in [-0.2, -0.15) is 5.26 Å². The van der Waals surface area contributed by atoms with Crippen LogP contribution in [0.1, 0.15) is 58.1 Å². The van der Waals surface area contributed by atoms with Crippen LogP contribution in [0.5, 0.6) is 0 Å². The Kier molecular flexibility index (Phi) is 9.20. The number of rotatable bonds is 9. The first-order valence-electron chi connectivity index (χ1n) is 10.8. The van der Waals surface area contributed by atoms with Gasteiger partial charge in [0.25, 0.3) is 0 Å². The molecule has 0 heterocycles. The summed E-state index contributed by atoms with van der Waals surface area (Å²) in [5, 5.41) is 13.4. The molecule has 0 saturated heterocycles. The average molecular weight is 425 g/mol. The second kappa shape index (κ2) is 11.6. The molecule has 1 unspecified atom stereocenters. The van der Waals surface area contributed by atoms with Crippen LogP contribution in [0, 0.1) is 24.2 Å². The van der Waals surface area contributed by atoms with Crippen molar-refractivity contribution >= 4 is 34.5 Å². The van der Waals surface area contributed by atoms with E-state index >= 15 is 0 Å². The molecule has 1 atom stereocenters. The fourth-order valence-corrected chi connectivity index (χ4v) is 3.58. The van der Waals surface area contributed by atoms with E-state index in [1.165, 1.54) is 11.3 Å². The summed E-state index contributed by atoms with van der Waals surface area (Å²) >= 11 is 6.06. The van der Waals surface area contributed by atoms with Crippen LogP contribution in [-0.4, -0.2) is 18.9 Å². The average Bonchev–Trinajstić information content (AvgIpc) is 2.75. The van der Waals surface area contributed by atoms with Crippen molar-refractivity contribution < 1.29 is 0 Å². The number of benzene rings is 2. The summed E-state index contributed by atoms with van der Waals surface area (Å²) < 4.78 is 0. The fourth-order valence-electron chi connectivity index (χ4n) is 3.41. The number of nitrogens with zero attached hydrogens (tertiary/aromatic N) is 3. The summed E-state index contributed by atoms with van der Waals surface area (Å²) in [6.07, 6.45) is 3.16. The molecule has 1 N–H and O–H groups in total. The largest absolute Gasteiger partial charge is 0.371 e. The maximum absolute atomic E-state index is 9.49. The molecule has 0 spiro atoms. The van der Waals surface area contributed by atoms with E-state index in [9.17, 15) is 5.26 Å². The number of anilines is 2. The first-order chi connectivity index (χ1) is 14.4. The van der Waals surface area contributed by atoms with Gasteiger partial charge in [0.1, 0.15) is 11.9 Å². The molecule has 0 aliphatic rings. The first kappa shape index (κ1) is 23.8. The molecule has 4 nitrogen and oxygen atoms in total. The molecular formula is C25H33ClN4. The van der Waals surface area contributed by atoms with Crippen molar-refractivity contribution in [1.29, 1.82) is 5.26 Å². The maximum Gasteiger partial charge on any atom is 0.109 e. The third kappa shape index (κ3) is 6.00. The van der Waals surface area contributed by atoms with Crippen molar-refractivity contribution in [1.82, 2.24) is 0 Å². The van der Waals surface area contributed by atoms with Gasteiger partial charge in [-0.3, -0.25) is 0 Å². The van der Waals surface area contributed by atoms with Crippen LogP contribution in [0.4, 0.5) is 17.1 Å². The Morgan fingerprint density at radius 2 is 1.87 bits per heavy atom. The standard InChI is InChI=1S/C25H33ClN4/c1-6-14-30(15-7-2)24-11-9-10-22(19(24)5)28-25(18(4)8-3)29-23-13-12-21(26)16-20(23)17-27/h9-13,16,18H,6-8,14-15H2,1-5H3,(H,28,29). The Balaban J connectivity index is 2.47. The van der Waals surface area contributed by atoms with E-state index in [0.717, 1.165) is 49.6 Å². The van der Waals surface area contributed by atoms with Crippen molar-refractivity contribution in [3.63, 3.8) is 0 Å². The molecule has 2 rings (SSSR count). The SMILES string of the molecule is CCCN(CCC)c1cccc(N=C(Nc2ccc(Cl)cc2C#N)C(C)CC)c1C. The molecule has 5 heteroatoms. The van der Waals surface area contributed by atoms with Gasteiger partial charge in [0, 0.05) is 29.7 Å². The van der Waals surface area contributed by atoms with Crippen LogP contribution >= 0.6 is 11.6 Å². The van der Waals surface area contributed by atoms with Crippen LogP contribution in [0.2, 0.25) is 5.02 Å². The van der Waals surface area contributed by atoms with Crippen LogP contribution < -0.4 is 10.2 Å². The van der Waals surface area contributed by atoms with E-state index in [0.29, 0.717) is 10.6 Å². The zero-order valence-electron chi connectivity index (χ0n) is 18.8. The molecule has 0 fully saturated rings. The lowest BCUT2D eigenvalue weighted by Gasteiger charge is -2.26. The molecule has 160 valence electrons. The number of nitriles is 1. The van der Waals surface area contributed by atoms with Gasteiger partial charge in [0.05, 0.1) is 16.9 Å². The molecule has 30 heavy (non-hydrogen) atoms. The summed E-state index contributed by atoms with van der Waals surface area (Å²) in [5.41, 5.74) is 4.63. The van der Waals surface area contributed by atoms with Gasteiger partial charge < -0.3 is 10.2 Å². The lowest BCUT2D eigenvalue weighted by molar-refractivity contribution is 0.737. The highest BCUT2D eigenvalue weighted by atomic mass is 35.5. The zero-order chi connectivity index (χ0) is 22.1. The Bertz CT molecular complexity index is 908. The summed E-state index contributed by atoms with van der Waals surface area (Å²) in [6.45, 7) is 12.9. The Hall–Kier alpha value is -2.51. The second-order valence-corrected chi connectivity index (χ2v) is 8.08. The van der Waals surface area contributed by atoms with E-state index in [2.05, 4.69) is 69.1 Å². The Morgan fingerprint density at radius 3 is 2.47 bits per heavy atom. The predicted octanol–water partition coefficient (Wildman–Crippen LogP) is 7.33. The van der Waals surface area contributed by atoms with E-state index in [1.54, 1.807) is 12.1 Å².